The van der Waals surface area contributed by atoms with E-state index in [2.05, 4.69) is 5.32 Å². The van der Waals surface area contributed by atoms with Gasteiger partial charge in [0.2, 0.25) is 11.8 Å². The zero-order chi connectivity index (χ0) is 16.2. The Bertz CT molecular complexity index is 437. The molecule has 0 spiro atoms. The van der Waals surface area contributed by atoms with E-state index < -0.39 is 6.04 Å². The van der Waals surface area contributed by atoms with Crippen molar-refractivity contribution >= 4 is 24.2 Å². The van der Waals surface area contributed by atoms with Crippen molar-refractivity contribution < 1.29 is 19.4 Å². The molecular formula is C16H28ClN3O4. The fraction of sp³-hybridized carbons (Fsp3) is 0.875. The Morgan fingerprint density at radius 2 is 2.00 bits per heavy atom. The molecular weight excluding hydrogens is 334 g/mol. The molecule has 2 unspecified atom stereocenters. The van der Waals surface area contributed by atoms with Crippen LogP contribution in [0.4, 0.5) is 0 Å². The zero-order valence-corrected chi connectivity index (χ0v) is 14.8. The molecule has 0 aromatic rings. The zero-order valence-electron chi connectivity index (χ0n) is 14.0. The number of likely N-dealkylation sites (tertiary alicyclic amines) is 1. The number of amides is 2. The van der Waals surface area contributed by atoms with E-state index in [1.165, 1.54) is 0 Å². The van der Waals surface area contributed by atoms with E-state index in [0.29, 0.717) is 39.0 Å². The second-order valence-corrected chi connectivity index (χ2v) is 6.74. The van der Waals surface area contributed by atoms with Gasteiger partial charge in [-0.15, -0.1) is 12.4 Å². The molecule has 7 nitrogen and oxygen atoms in total. The van der Waals surface area contributed by atoms with Gasteiger partial charge in [-0.2, -0.15) is 0 Å². The summed E-state index contributed by atoms with van der Waals surface area (Å²) in [5, 5.41) is 12.7. The van der Waals surface area contributed by atoms with E-state index in [1.807, 2.05) is 4.90 Å². The molecule has 2 atom stereocenters. The van der Waals surface area contributed by atoms with Crippen LogP contribution in [0.25, 0.3) is 0 Å². The van der Waals surface area contributed by atoms with Crippen LogP contribution in [0.3, 0.4) is 0 Å². The lowest BCUT2D eigenvalue weighted by Gasteiger charge is -2.36. The van der Waals surface area contributed by atoms with Crippen LogP contribution >= 0.6 is 12.4 Å². The SMILES string of the molecule is Cl.O=C(CC1NCCN(CC2CCCO2)C1=O)N1CCC(O)CC1. The molecule has 0 bridgehead atoms. The molecule has 3 aliphatic heterocycles. The molecule has 2 amide bonds. The first kappa shape index (κ1) is 19.4. The average Bonchev–Trinajstić information content (AvgIpc) is 3.05. The molecule has 0 radical (unpaired) electrons. The quantitative estimate of drug-likeness (QED) is 0.722. The Morgan fingerprint density at radius 3 is 2.67 bits per heavy atom. The fourth-order valence-corrected chi connectivity index (χ4v) is 3.59. The molecule has 138 valence electrons. The average molecular weight is 362 g/mol. The van der Waals surface area contributed by atoms with Gasteiger partial charge in [0.25, 0.3) is 0 Å². The summed E-state index contributed by atoms with van der Waals surface area (Å²) < 4.78 is 5.61. The lowest BCUT2D eigenvalue weighted by atomic mass is 10.0. The molecule has 3 aliphatic rings. The summed E-state index contributed by atoms with van der Waals surface area (Å²) in [6.45, 7) is 3.99. The Hall–Kier alpha value is -0.890. The molecule has 24 heavy (non-hydrogen) atoms. The number of ether oxygens (including phenoxy) is 1. The second-order valence-electron chi connectivity index (χ2n) is 6.74. The number of nitrogens with one attached hydrogen (secondary N) is 1. The largest absolute Gasteiger partial charge is 0.393 e. The van der Waals surface area contributed by atoms with Gasteiger partial charge in [-0.1, -0.05) is 0 Å². The van der Waals surface area contributed by atoms with Crippen LogP contribution in [0.15, 0.2) is 0 Å². The van der Waals surface area contributed by atoms with E-state index in [9.17, 15) is 14.7 Å². The highest BCUT2D eigenvalue weighted by Crippen LogP contribution is 2.17. The summed E-state index contributed by atoms with van der Waals surface area (Å²) in [4.78, 5) is 28.6. The van der Waals surface area contributed by atoms with Crippen molar-refractivity contribution in [2.24, 2.45) is 0 Å². The van der Waals surface area contributed by atoms with Crippen molar-refractivity contribution in [2.45, 2.75) is 50.4 Å². The Balaban J connectivity index is 0.00000208. The maximum atomic E-state index is 12.6. The van der Waals surface area contributed by atoms with Gasteiger partial charge in [0, 0.05) is 39.3 Å². The number of halogens is 1. The van der Waals surface area contributed by atoms with Crippen LogP contribution < -0.4 is 5.32 Å². The summed E-state index contributed by atoms with van der Waals surface area (Å²) in [7, 11) is 0. The molecule has 3 fully saturated rings. The van der Waals surface area contributed by atoms with E-state index in [1.54, 1.807) is 4.90 Å². The number of carbonyl (C=O) groups is 2. The monoisotopic (exact) mass is 361 g/mol. The number of rotatable bonds is 4. The fourth-order valence-electron chi connectivity index (χ4n) is 3.59. The van der Waals surface area contributed by atoms with Crippen molar-refractivity contribution in [2.75, 3.05) is 39.3 Å². The maximum absolute atomic E-state index is 12.6. The van der Waals surface area contributed by atoms with E-state index in [4.69, 9.17) is 4.74 Å². The highest BCUT2D eigenvalue weighted by atomic mass is 35.5. The van der Waals surface area contributed by atoms with Crippen LogP contribution in [-0.4, -0.2) is 84.3 Å². The summed E-state index contributed by atoms with van der Waals surface area (Å²) >= 11 is 0. The van der Waals surface area contributed by atoms with Crippen molar-refractivity contribution in [3.8, 4) is 0 Å². The summed E-state index contributed by atoms with van der Waals surface area (Å²) in [5.74, 6) is 0.0128. The molecule has 8 heteroatoms. The van der Waals surface area contributed by atoms with Crippen molar-refractivity contribution in [1.29, 1.82) is 0 Å². The number of carbonyl (C=O) groups excluding carboxylic acids is 2. The normalized spacial score (nSPS) is 28.8. The summed E-state index contributed by atoms with van der Waals surface area (Å²) in [5.41, 5.74) is 0. The van der Waals surface area contributed by atoms with Crippen LogP contribution in [-0.2, 0) is 14.3 Å². The Kier molecular flexibility index (Phi) is 7.28. The predicted molar refractivity (Wildman–Crippen MR) is 91.0 cm³/mol. The number of hydrogen-bond donors (Lipinski definition) is 2. The molecule has 3 saturated heterocycles. The molecule has 3 heterocycles. The maximum Gasteiger partial charge on any atom is 0.240 e. The molecule has 0 aromatic carbocycles. The lowest BCUT2D eigenvalue weighted by molar-refractivity contribution is -0.142. The van der Waals surface area contributed by atoms with Gasteiger partial charge in [0.1, 0.15) is 0 Å². The lowest BCUT2D eigenvalue weighted by Crippen LogP contribution is -2.58. The standard InChI is InChI=1S/C16H27N3O4.ClH/c20-12-3-6-18(7-4-12)15(21)10-14-16(22)19(8-5-17-14)11-13-2-1-9-23-13;/h12-14,17,20H,1-11H2;1H. The van der Waals surface area contributed by atoms with Gasteiger partial charge in [-0.05, 0) is 25.7 Å². The van der Waals surface area contributed by atoms with Crippen LogP contribution in [0, 0.1) is 0 Å². The number of nitrogens with zero attached hydrogens (tertiary/aromatic N) is 2. The molecule has 3 rings (SSSR count). The number of hydrogen-bond acceptors (Lipinski definition) is 5. The summed E-state index contributed by atoms with van der Waals surface area (Å²) in [6.07, 6.45) is 3.39. The first-order valence-electron chi connectivity index (χ1n) is 8.73. The third kappa shape index (κ3) is 4.81. The number of aliphatic hydroxyl groups excluding tert-OH is 1. The van der Waals surface area contributed by atoms with Gasteiger partial charge in [-0.25, -0.2) is 0 Å². The van der Waals surface area contributed by atoms with Gasteiger partial charge < -0.3 is 25.0 Å². The topological polar surface area (TPSA) is 82.1 Å². The van der Waals surface area contributed by atoms with E-state index in [0.717, 1.165) is 26.0 Å². The molecule has 0 aromatic heterocycles. The molecule has 2 N–H and O–H groups in total. The second kappa shape index (κ2) is 8.99. The van der Waals surface area contributed by atoms with E-state index in [-0.39, 0.29) is 42.9 Å². The third-order valence-corrected chi connectivity index (χ3v) is 5.03. The highest BCUT2D eigenvalue weighted by Gasteiger charge is 2.33. The Labute approximate surface area is 149 Å². The first-order chi connectivity index (χ1) is 11.1. The minimum Gasteiger partial charge on any atom is -0.393 e. The minimum atomic E-state index is -0.426. The van der Waals surface area contributed by atoms with Crippen LogP contribution in [0.5, 0.6) is 0 Å². The van der Waals surface area contributed by atoms with Gasteiger partial charge in [0.15, 0.2) is 0 Å². The molecule has 0 saturated carbocycles. The minimum absolute atomic E-state index is 0. The van der Waals surface area contributed by atoms with Crippen LogP contribution in [0.1, 0.15) is 32.1 Å². The van der Waals surface area contributed by atoms with Gasteiger partial charge >= 0.3 is 0 Å². The van der Waals surface area contributed by atoms with Crippen LogP contribution in [0.2, 0.25) is 0 Å². The van der Waals surface area contributed by atoms with Gasteiger partial charge in [0.05, 0.1) is 24.7 Å². The van der Waals surface area contributed by atoms with Crippen molar-refractivity contribution in [3.05, 3.63) is 0 Å². The number of piperidine rings is 1. The summed E-state index contributed by atoms with van der Waals surface area (Å²) in [6, 6.07) is -0.426. The number of piperazine rings is 1. The van der Waals surface area contributed by atoms with Gasteiger partial charge in [-0.3, -0.25) is 9.59 Å². The Morgan fingerprint density at radius 1 is 1.25 bits per heavy atom. The third-order valence-electron chi connectivity index (χ3n) is 5.03. The molecule has 0 aliphatic carbocycles. The van der Waals surface area contributed by atoms with Crippen molar-refractivity contribution in [1.82, 2.24) is 15.1 Å². The first-order valence-corrected chi connectivity index (χ1v) is 8.73. The highest BCUT2D eigenvalue weighted by molar-refractivity contribution is 5.89. The van der Waals surface area contributed by atoms with E-state index >= 15 is 0 Å². The smallest absolute Gasteiger partial charge is 0.240 e. The number of aliphatic hydroxyl groups is 1. The predicted octanol–water partition coefficient (Wildman–Crippen LogP) is -0.239. The van der Waals surface area contributed by atoms with Crippen molar-refractivity contribution in [3.63, 3.8) is 0 Å².